The maximum Gasteiger partial charge on any atom is 0.0315 e. The molecular weight excluding hydrogens is 234 g/mol. The molecule has 1 aromatic heterocycles. The lowest BCUT2D eigenvalue weighted by molar-refractivity contribution is 0.157. The van der Waals surface area contributed by atoms with Gasteiger partial charge in [-0.15, -0.1) is 12.4 Å². The molecule has 0 bridgehead atoms. The lowest BCUT2D eigenvalue weighted by atomic mass is 9.94. The Hall–Kier alpha value is -0.640. The van der Waals surface area contributed by atoms with Crippen LogP contribution in [0.25, 0.3) is 0 Å². The molecule has 1 aliphatic rings. The molecule has 3 nitrogen and oxygen atoms in total. The maximum absolute atomic E-state index is 6.02. The van der Waals surface area contributed by atoms with Crippen LogP contribution in [0.5, 0.6) is 0 Å². The van der Waals surface area contributed by atoms with Crippen molar-refractivity contribution in [2.75, 3.05) is 13.1 Å². The van der Waals surface area contributed by atoms with E-state index in [0.717, 1.165) is 26.1 Å². The Bertz CT molecular complexity index is 356. The van der Waals surface area contributed by atoms with Crippen molar-refractivity contribution in [1.29, 1.82) is 0 Å². The lowest BCUT2D eigenvalue weighted by Gasteiger charge is -2.35. The zero-order valence-corrected chi connectivity index (χ0v) is 11.4. The van der Waals surface area contributed by atoms with Crippen LogP contribution >= 0.6 is 12.4 Å². The summed E-state index contributed by atoms with van der Waals surface area (Å²) in [5.74, 6) is 0.603. The highest BCUT2D eigenvalue weighted by Gasteiger charge is 2.23. The minimum atomic E-state index is 0. The van der Waals surface area contributed by atoms with E-state index in [1.165, 1.54) is 11.1 Å². The Morgan fingerprint density at radius 1 is 1.53 bits per heavy atom. The first kappa shape index (κ1) is 14.4. The fourth-order valence-corrected chi connectivity index (χ4v) is 2.30. The Labute approximate surface area is 110 Å². The van der Waals surface area contributed by atoms with Crippen molar-refractivity contribution in [2.24, 2.45) is 11.7 Å². The SMILES string of the molecule is Cc1ccncc1CN1CCC(N)C(C)C1.Cl. The number of hydrogen-bond donors (Lipinski definition) is 1. The molecule has 2 rings (SSSR count). The normalized spacial score (nSPS) is 25.4. The van der Waals surface area contributed by atoms with Gasteiger partial charge in [-0.05, 0) is 43.0 Å². The third kappa shape index (κ3) is 3.66. The monoisotopic (exact) mass is 255 g/mol. The highest BCUT2D eigenvalue weighted by molar-refractivity contribution is 5.85. The van der Waals surface area contributed by atoms with Gasteiger partial charge in [0.1, 0.15) is 0 Å². The second-order valence-electron chi connectivity index (χ2n) is 4.97. The summed E-state index contributed by atoms with van der Waals surface area (Å²) < 4.78 is 0. The standard InChI is InChI=1S/C13H21N3.ClH/c1-10-3-5-15-7-12(10)9-16-6-4-13(14)11(2)8-16;/h3,5,7,11,13H,4,6,8-9,14H2,1-2H3;1H. The quantitative estimate of drug-likeness (QED) is 0.879. The van der Waals surface area contributed by atoms with Crippen LogP contribution in [0.2, 0.25) is 0 Å². The smallest absolute Gasteiger partial charge is 0.0315 e. The predicted octanol–water partition coefficient (Wildman–Crippen LogP) is 1.98. The molecule has 4 heteroatoms. The Kier molecular flexibility index (Phi) is 5.37. The Morgan fingerprint density at radius 2 is 2.29 bits per heavy atom. The summed E-state index contributed by atoms with van der Waals surface area (Å²) in [4.78, 5) is 6.68. The molecule has 1 saturated heterocycles. The van der Waals surface area contributed by atoms with Crippen LogP contribution in [0.4, 0.5) is 0 Å². The molecule has 0 saturated carbocycles. The fourth-order valence-electron chi connectivity index (χ4n) is 2.30. The van der Waals surface area contributed by atoms with Crippen molar-refractivity contribution < 1.29 is 0 Å². The van der Waals surface area contributed by atoms with Gasteiger partial charge >= 0.3 is 0 Å². The molecule has 96 valence electrons. The number of hydrogen-bond acceptors (Lipinski definition) is 3. The lowest BCUT2D eigenvalue weighted by Crippen LogP contribution is -2.45. The molecule has 1 aliphatic heterocycles. The van der Waals surface area contributed by atoms with Crippen molar-refractivity contribution in [3.8, 4) is 0 Å². The fraction of sp³-hybridized carbons (Fsp3) is 0.615. The average Bonchev–Trinajstić information content (AvgIpc) is 2.27. The third-order valence-corrected chi connectivity index (χ3v) is 3.60. The topological polar surface area (TPSA) is 42.2 Å². The zero-order chi connectivity index (χ0) is 11.5. The van der Waals surface area contributed by atoms with Gasteiger partial charge in [0.25, 0.3) is 0 Å². The van der Waals surface area contributed by atoms with E-state index in [2.05, 4.69) is 29.8 Å². The zero-order valence-electron chi connectivity index (χ0n) is 10.6. The molecule has 17 heavy (non-hydrogen) atoms. The van der Waals surface area contributed by atoms with Gasteiger partial charge in [0.15, 0.2) is 0 Å². The Morgan fingerprint density at radius 3 is 2.94 bits per heavy atom. The van der Waals surface area contributed by atoms with Crippen molar-refractivity contribution >= 4 is 12.4 Å². The molecular formula is C13H22ClN3. The molecule has 0 aromatic carbocycles. The number of nitrogens with two attached hydrogens (primary N) is 1. The van der Waals surface area contributed by atoms with Gasteiger partial charge in [-0.3, -0.25) is 9.88 Å². The minimum absolute atomic E-state index is 0. The largest absolute Gasteiger partial charge is 0.327 e. The highest BCUT2D eigenvalue weighted by atomic mass is 35.5. The maximum atomic E-state index is 6.02. The average molecular weight is 256 g/mol. The number of halogens is 1. The van der Waals surface area contributed by atoms with Crippen molar-refractivity contribution in [3.05, 3.63) is 29.6 Å². The summed E-state index contributed by atoms with van der Waals surface area (Å²) in [7, 11) is 0. The molecule has 2 heterocycles. The van der Waals surface area contributed by atoms with E-state index in [1.54, 1.807) is 0 Å². The molecule has 2 atom stereocenters. The minimum Gasteiger partial charge on any atom is -0.327 e. The van der Waals surface area contributed by atoms with E-state index < -0.39 is 0 Å². The van der Waals surface area contributed by atoms with Gasteiger partial charge in [-0.25, -0.2) is 0 Å². The van der Waals surface area contributed by atoms with Crippen LogP contribution in [-0.2, 0) is 6.54 Å². The summed E-state index contributed by atoms with van der Waals surface area (Å²) in [5.41, 5.74) is 8.69. The summed E-state index contributed by atoms with van der Waals surface area (Å²) in [5, 5.41) is 0. The number of rotatable bonds is 2. The Balaban J connectivity index is 0.00000144. The molecule has 0 spiro atoms. The summed E-state index contributed by atoms with van der Waals surface area (Å²) in [6.07, 6.45) is 4.95. The van der Waals surface area contributed by atoms with Crippen molar-refractivity contribution in [3.63, 3.8) is 0 Å². The van der Waals surface area contributed by atoms with Crippen LogP contribution in [0, 0.1) is 12.8 Å². The second-order valence-corrected chi connectivity index (χ2v) is 4.97. The molecule has 2 unspecified atom stereocenters. The van der Waals surface area contributed by atoms with Gasteiger partial charge < -0.3 is 5.73 Å². The first-order valence-electron chi connectivity index (χ1n) is 6.04. The van der Waals surface area contributed by atoms with Crippen LogP contribution in [0.15, 0.2) is 18.5 Å². The first-order chi connectivity index (χ1) is 7.66. The van der Waals surface area contributed by atoms with E-state index in [4.69, 9.17) is 5.73 Å². The van der Waals surface area contributed by atoms with Gasteiger partial charge in [-0.1, -0.05) is 6.92 Å². The van der Waals surface area contributed by atoms with Crippen LogP contribution in [0.3, 0.4) is 0 Å². The number of aromatic nitrogens is 1. The van der Waals surface area contributed by atoms with Gasteiger partial charge in [0, 0.05) is 31.5 Å². The van der Waals surface area contributed by atoms with E-state index >= 15 is 0 Å². The number of nitrogens with zero attached hydrogens (tertiary/aromatic N) is 2. The summed E-state index contributed by atoms with van der Waals surface area (Å²) >= 11 is 0. The van der Waals surface area contributed by atoms with Gasteiger partial charge in [0.2, 0.25) is 0 Å². The van der Waals surface area contributed by atoms with E-state index in [-0.39, 0.29) is 12.4 Å². The number of pyridine rings is 1. The second kappa shape index (κ2) is 6.34. The van der Waals surface area contributed by atoms with E-state index in [0.29, 0.717) is 12.0 Å². The van der Waals surface area contributed by atoms with Crippen LogP contribution in [0.1, 0.15) is 24.5 Å². The summed E-state index contributed by atoms with van der Waals surface area (Å²) in [6.45, 7) is 7.62. The third-order valence-electron chi connectivity index (χ3n) is 3.60. The number of aryl methyl sites for hydroxylation is 1. The molecule has 0 radical (unpaired) electrons. The molecule has 0 aliphatic carbocycles. The highest BCUT2D eigenvalue weighted by Crippen LogP contribution is 2.18. The van der Waals surface area contributed by atoms with Crippen LogP contribution in [-0.4, -0.2) is 29.0 Å². The molecule has 0 amide bonds. The number of likely N-dealkylation sites (tertiary alicyclic amines) is 1. The van der Waals surface area contributed by atoms with Gasteiger partial charge in [-0.2, -0.15) is 0 Å². The molecule has 2 N–H and O–H groups in total. The van der Waals surface area contributed by atoms with Crippen molar-refractivity contribution in [1.82, 2.24) is 9.88 Å². The predicted molar refractivity (Wildman–Crippen MR) is 73.3 cm³/mol. The van der Waals surface area contributed by atoms with Crippen LogP contribution < -0.4 is 5.73 Å². The van der Waals surface area contributed by atoms with E-state index in [9.17, 15) is 0 Å². The van der Waals surface area contributed by atoms with Crippen molar-refractivity contribution in [2.45, 2.75) is 32.9 Å². The number of piperidine rings is 1. The first-order valence-corrected chi connectivity index (χ1v) is 6.04. The molecule has 1 fully saturated rings. The molecule has 1 aromatic rings. The summed E-state index contributed by atoms with van der Waals surface area (Å²) in [6, 6.07) is 2.46. The van der Waals surface area contributed by atoms with E-state index in [1.807, 2.05) is 12.4 Å². The van der Waals surface area contributed by atoms with Gasteiger partial charge in [0.05, 0.1) is 0 Å².